The number of rotatable bonds is 5. The quantitative estimate of drug-likeness (QED) is 0.877. The molecule has 1 saturated heterocycles. The van der Waals surface area contributed by atoms with Crippen molar-refractivity contribution in [3.8, 4) is 11.5 Å². The van der Waals surface area contributed by atoms with E-state index < -0.39 is 0 Å². The molecule has 6 heteroatoms. The van der Waals surface area contributed by atoms with Crippen molar-refractivity contribution in [2.45, 2.75) is 58.0 Å². The van der Waals surface area contributed by atoms with Crippen molar-refractivity contribution in [3.05, 3.63) is 35.7 Å². The number of hydrogen-bond acceptors (Lipinski definition) is 5. The van der Waals surface area contributed by atoms with Gasteiger partial charge in [-0.2, -0.15) is 4.98 Å². The molecule has 1 aliphatic heterocycles. The van der Waals surface area contributed by atoms with E-state index in [1.54, 1.807) is 0 Å². The van der Waals surface area contributed by atoms with Crippen LogP contribution < -0.4 is 5.32 Å². The summed E-state index contributed by atoms with van der Waals surface area (Å²) in [6.07, 6.45) is 6.74. The molecule has 2 aromatic rings. The molecule has 144 valence electrons. The lowest BCUT2D eigenvalue weighted by Gasteiger charge is -2.31. The van der Waals surface area contributed by atoms with Crippen molar-refractivity contribution in [3.63, 3.8) is 0 Å². The number of amides is 1. The average Bonchev–Trinajstić information content (AvgIpc) is 3.35. The summed E-state index contributed by atoms with van der Waals surface area (Å²) in [6.45, 7) is 4.43. The lowest BCUT2D eigenvalue weighted by atomic mass is 9.96. The number of likely N-dealkylation sites (tertiary alicyclic amines) is 1. The lowest BCUT2D eigenvalue weighted by Crippen LogP contribution is -2.45. The van der Waals surface area contributed by atoms with Crippen LogP contribution in [0.1, 0.15) is 49.9 Å². The molecule has 2 fully saturated rings. The maximum Gasteiger partial charge on any atom is 0.257 e. The number of aryl methyl sites for hydroxylation is 1. The highest BCUT2D eigenvalue weighted by molar-refractivity contribution is 5.79. The van der Waals surface area contributed by atoms with Gasteiger partial charge in [-0.1, -0.05) is 35.7 Å². The third kappa shape index (κ3) is 4.56. The molecular weight excluding hydrogens is 340 g/mol. The van der Waals surface area contributed by atoms with Crippen molar-refractivity contribution in [2.75, 3.05) is 13.1 Å². The number of hydrogen-bond donors (Lipinski definition) is 1. The Bertz CT molecular complexity index is 765. The number of carbonyl (C=O) groups is 1. The highest BCUT2D eigenvalue weighted by atomic mass is 16.5. The third-order valence-corrected chi connectivity index (χ3v) is 5.71. The topological polar surface area (TPSA) is 71.3 Å². The Morgan fingerprint density at radius 1 is 1.19 bits per heavy atom. The summed E-state index contributed by atoms with van der Waals surface area (Å²) in [5, 5.41) is 7.38. The molecule has 1 unspecified atom stereocenters. The first kappa shape index (κ1) is 18.2. The molecule has 1 saturated carbocycles. The minimum Gasteiger partial charge on any atom is -0.353 e. The average molecular weight is 368 g/mol. The molecule has 1 atom stereocenters. The highest BCUT2D eigenvalue weighted by Crippen LogP contribution is 2.23. The Hall–Kier alpha value is -2.21. The van der Waals surface area contributed by atoms with Crippen LogP contribution in [0.5, 0.6) is 0 Å². The summed E-state index contributed by atoms with van der Waals surface area (Å²) in [7, 11) is 0. The molecule has 1 aromatic heterocycles. The molecule has 1 aromatic carbocycles. The fourth-order valence-corrected chi connectivity index (χ4v) is 4.13. The van der Waals surface area contributed by atoms with Crippen molar-refractivity contribution < 1.29 is 9.32 Å². The van der Waals surface area contributed by atoms with Crippen molar-refractivity contribution >= 4 is 5.91 Å². The molecule has 1 aliphatic carbocycles. The van der Waals surface area contributed by atoms with Gasteiger partial charge >= 0.3 is 0 Å². The molecule has 1 N–H and O–H groups in total. The Kier molecular flexibility index (Phi) is 5.53. The fraction of sp³-hybridized carbons (Fsp3) is 0.571. The van der Waals surface area contributed by atoms with E-state index in [2.05, 4.69) is 27.3 Å². The molecule has 4 rings (SSSR count). The van der Waals surface area contributed by atoms with Crippen LogP contribution in [0.25, 0.3) is 11.5 Å². The van der Waals surface area contributed by atoms with Gasteiger partial charge in [0.15, 0.2) is 5.82 Å². The molecule has 27 heavy (non-hydrogen) atoms. The predicted octanol–water partition coefficient (Wildman–Crippen LogP) is 3.32. The summed E-state index contributed by atoms with van der Waals surface area (Å²) in [5.74, 6) is 1.53. The van der Waals surface area contributed by atoms with Crippen LogP contribution in [0.2, 0.25) is 0 Å². The van der Waals surface area contributed by atoms with Crippen LogP contribution in [0.15, 0.2) is 28.8 Å². The van der Waals surface area contributed by atoms with Crippen molar-refractivity contribution in [1.29, 1.82) is 0 Å². The summed E-state index contributed by atoms with van der Waals surface area (Å²) in [6, 6.07) is 8.46. The van der Waals surface area contributed by atoms with Crippen LogP contribution in [0.4, 0.5) is 0 Å². The van der Waals surface area contributed by atoms with E-state index in [9.17, 15) is 4.79 Å². The van der Waals surface area contributed by atoms with Gasteiger partial charge in [0, 0.05) is 18.2 Å². The van der Waals surface area contributed by atoms with Gasteiger partial charge < -0.3 is 9.84 Å². The first-order valence-electron chi connectivity index (χ1n) is 10.1. The van der Waals surface area contributed by atoms with Crippen molar-refractivity contribution in [1.82, 2.24) is 20.4 Å². The van der Waals surface area contributed by atoms with Crippen LogP contribution in [0.3, 0.4) is 0 Å². The van der Waals surface area contributed by atoms with Gasteiger partial charge in [0.1, 0.15) is 0 Å². The van der Waals surface area contributed by atoms with E-state index in [-0.39, 0.29) is 11.8 Å². The predicted molar refractivity (Wildman–Crippen MR) is 103 cm³/mol. The zero-order valence-electron chi connectivity index (χ0n) is 16.0. The van der Waals surface area contributed by atoms with Gasteiger partial charge in [-0.05, 0) is 51.3 Å². The minimum absolute atomic E-state index is 0.0721. The van der Waals surface area contributed by atoms with Gasteiger partial charge in [0.2, 0.25) is 5.91 Å². The standard InChI is InChI=1S/C21H28N4O2/c1-15-8-10-16(11-9-15)21-23-19(24-27-21)14-25-12-4-5-17(13-25)20(26)22-18-6-2-3-7-18/h8-11,17-18H,2-7,12-14H2,1H3,(H,22,26). The Balaban J connectivity index is 1.34. The van der Waals surface area contributed by atoms with Gasteiger partial charge in [-0.3, -0.25) is 9.69 Å². The molecule has 0 bridgehead atoms. The minimum atomic E-state index is 0.0721. The first-order valence-corrected chi connectivity index (χ1v) is 10.1. The lowest BCUT2D eigenvalue weighted by molar-refractivity contribution is -0.127. The Morgan fingerprint density at radius 2 is 1.96 bits per heavy atom. The number of aromatic nitrogens is 2. The molecular formula is C21H28N4O2. The zero-order chi connectivity index (χ0) is 18.6. The van der Waals surface area contributed by atoms with E-state index in [0.717, 1.165) is 44.3 Å². The number of benzene rings is 1. The third-order valence-electron chi connectivity index (χ3n) is 5.71. The number of carbonyl (C=O) groups excluding carboxylic acids is 1. The highest BCUT2D eigenvalue weighted by Gasteiger charge is 2.28. The van der Waals surface area contributed by atoms with Crippen LogP contribution in [-0.2, 0) is 11.3 Å². The number of piperidine rings is 1. The van der Waals surface area contributed by atoms with Crippen LogP contribution >= 0.6 is 0 Å². The summed E-state index contributed by atoms with van der Waals surface area (Å²) >= 11 is 0. The fourth-order valence-electron chi connectivity index (χ4n) is 4.13. The summed E-state index contributed by atoms with van der Waals surface area (Å²) in [4.78, 5) is 19.4. The zero-order valence-corrected chi connectivity index (χ0v) is 16.0. The second kappa shape index (κ2) is 8.21. The largest absolute Gasteiger partial charge is 0.353 e. The molecule has 2 heterocycles. The van der Waals surface area contributed by atoms with Gasteiger partial charge in [0.05, 0.1) is 12.5 Å². The number of nitrogens with zero attached hydrogens (tertiary/aromatic N) is 3. The summed E-state index contributed by atoms with van der Waals surface area (Å²) in [5.41, 5.74) is 2.14. The SMILES string of the molecule is Cc1ccc(-c2nc(CN3CCCC(C(=O)NC4CCCC4)C3)no2)cc1. The van der Waals surface area contributed by atoms with E-state index in [1.165, 1.54) is 18.4 Å². The molecule has 0 spiro atoms. The van der Waals surface area contributed by atoms with Gasteiger partial charge in [-0.25, -0.2) is 0 Å². The number of nitrogens with one attached hydrogen (secondary N) is 1. The van der Waals surface area contributed by atoms with E-state index in [1.807, 2.05) is 24.3 Å². The molecule has 0 radical (unpaired) electrons. The second-order valence-corrected chi connectivity index (χ2v) is 7.95. The normalized spacial score (nSPS) is 21.4. The van der Waals surface area contributed by atoms with Gasteiger partial charge in [-0.15, -0.1) is 0 Å². The van der Waals surface area contributed by atoms with Crippen molar-refractivity contribution in [2.24, 2.45) is 5.92 Å². The maximum absolute atomic E-state index is 12.6. The monoisotopic (exact) mass is 368 g/mol. The van der Waals surface area contributed by atoms with E-state index in [4.69, 9.17) is 4.52 Å². The summed E-state index contributed by atoms with van der Waals surface area (Å²) < 4.78 is 5.43. The van der Waals surface area contributed by atoms with Gasteiger partial charge in [0.25, 0.3) is 5.89 Å². The Labute approximate surface area is 160 Å². The molecule has 2 aliphatic rings. The molecule has 6 nitrogen and oxygen atoms in total. The van der Waals surface area contributed by atoms with E-state index >= 15 is 0 Å². The second-order valence-electron chi connectivity index (χ2n) is 7.95. The Morgan fingerprint density at radius 3 is 2.74 bits per heavy atom. The van der Waals surface area contributed by atoms with E-state index in [0.29, 0.717) is 24.3 Å². The smallest absolute Gasteiger partial charge is 0.257 e. The van der Waals surface area contributed by atoms with Crippen LogP contribution in [-0.4, -0.2) is 40.1 Å². The van der Waals surface area contributed by atoms with Crippen LogP contribution in [0, 0.1) is 12.8 Å². The maximum atomic E-state index is 12.6. The molecule has 1 amide bonds. The first-order chi connectivity index (χ1) is 13.2.